The Kier molecular flexibility index (Phi) is 13.5. The van der Waals surface area contributed by atoms with Crippen LogP contribution in [0.5, 0.6) is 0 Å². The number of hydrogen-bond acceptors (Lipinski definition) is 2. The van der Waals surface area contributed by atoms with Gasteiger partial charge in [-0.05, 0) is 161 Å². The van der Waals surface area contributed by atoms with E-state index in [4.69, 9.17) is 0 Å². The SMILES string of the molecule is CC(C)(C)c1ccc(N(c2ccc(/C=C/c3c4ccccc4c(/C=C/c4ccc(N(c5ccc(C(C)(C)C)cc5)c5ccc(C(C)(C)C)cc5)cc4)c4ccccc34)cc2)c2ccc(C(C)(C)C)cc2)cc1. The monoisotopic (exact) mass is 941 g/mol. The summed E-state index contributed by atoms with van der Waals surface area (Å²) in [7, 11) is 0. The summed E-state index contributed by atoms with van der Waals surface area (Å²) in [6.45, 7) is 27.2. The molecule has 0 aromatic heterocycles. The lowest BCUT2D eigenvalue weighted by Gasteiger charge is -2.28. The molecule has 0 unspecified atom stereocenters. The molecule has 0 heterocycles. The molecule has 0 bridgehead atoms. The first-order valence-corrected chi connectivity index (χ1v) is 25.7. The van der Waals surface area contributed by atoms with Crippen LogP contribution in [0.4, 0.5) is 34.1 Å². The summed E-state index contributed by atoms with van der Waals surface area (Å²) in [4.78, 5) is 4.73. The molecule has 0 aliphatic heterocycles. The minimum Gasteiger partial charge on any atom is -0.311 e. The average Bonchev–Trinajstić information content (AvgIpc) is 3.35. The minimum atomic E-state index is 0.0808. The standard InChI is InChI=1S/C70H72N2/c1-67(2,3)51-27-39-57(40-28-51)71(58-41-29-52(30-42-58)68(4,5)6)55-35-21-49(22-36-55)25-47-65-61-17-13-15-19-63(61)66(64-20-16-14-18-62(64)65)48-26-50-23-37-56(38-24-50)72(59-43-31-53(32-44-59)69(7,8)9)60-45-33-54(34-46-60)70(10,11)12/h13-48H,1-12H3/b47-25+,48-26+. The summed E-state index contributed by atoms with van der Waals surface area (Å²) in [6.07, 6.45) is 9.13. The van der Waals surface area contributed by atoms with Crippen LogP contribution in [0.25, 0.3) is 45.8 Å². The van der Waals surface area contributed by atoms with E-state index >= 15 is 0 Å². The average molecular weight is 941 g/mol. The van der Waals surface area contributed by atoms with Crippen molar-refractivity contribution in [2.45, 2.75) is 105 Å². The summed E-state index contributed by atoms with van der Waals surface area (Å²) in [5.74, 6) is 0. The zero-order chi connectivity index (χ0) is 51.0. The molecule has 2 heteroatoms. The largest absolute Gasteiger partial charge is 0.311 e. The van der Waals surface area contributed by atoms with Crippen LogP contribution in [0.1, 0.15) is 128 Å². The maximum atomic E-state index is 2.36. The second kappa shape index (κ2) is 19.6. The highest BCUT2D eigenvalue weighted by atomic mass is 15.1. The zero-order valence-corrected chi connectivity index (χ0v) is 44.7. The number of fused-ring (bicyclic) bond motifs is 2. The molecular formula is C70H72N2. The molecule has 72 heavy (non-hydrogen) atoms. The van der Waals surface area contributed by atoms with Crippen molar-refractivity contribution in [2.75, 3.05) is 9.80 Å². The van der Waals surface area contributed by atoms with Gasteiger partial charge in [0.1, 0.15) is 0 Å². The van der Waals surface area contributed by atoms with E-state index in [9.17, 15) is 0 Å². The third kappa shape index (κ3) is 10.7. The third-order valence-corrected chi connectivity index (χ3v) is 14.2. The molecule has 0 saturated heterocycles. The maximum Gasteiger partial charge on any atom is 0.0462 e. The predicted molar refractivity (Wildman–Crippen MR) is 316 cm³/mol. The number of nitrogens with zero attached hydrogens (tertiary/aromatic N) is 2. The molecule has 0 fully saturated rings. The van der Waals surface area contributed by atoms with Crippen molar-refractivity contribution >= 4 is 80.0 Å². The summed E-state index contributed by atoms with van der Waals surface area (Å²) in [5.41, 5.74) is 17.1. The van der Waals surface area contributed by atoms with Crippen molar-refractivity contribution in [1.29, 1.82) is 0 Å². The Bertz CT molecular complexity index is 2960. The van der Waals surface area contributed by atoms with Crippen LogP contribution in [0.3, 0.4) is 0 Å². The van der Waals surface area contributed by atoms with Gasteiger partial charge in [0.05, 0.1) is 0 Å². The molecule has 0 aliphatic carbocycles. The fourth-order valence-corrected chi connectivity index (χ4v) is 9.72. The molecule has 0 atom stereocenters. The third-order valence-electron chi connectivity index (χ3n) is 14.2. The van der Waals surface area contributed by atoms with Gasteiger partial charge in [-0.25, -0.2) is 0 Å². The molecule has 0 radical (unpaired) electrons. The molecule has 362 valence electrons. The Labute approximate surface area is 431 Å². The van der Waals surface area contributed by atoms with E-state index in [0.29, 0.717) is 0 Å². The van der Waals surface area contributed by atoms with Gasteiger partial charge in [0.25, 0.3) is 0 Å². The van der Waals surface area contributed by atoms with E-state index < -0.39 is 0 Å². The lowest BCUT2D eigenvalue weighted by Crippen LogP contribution is -2.14. The molecule has 9 aromatic rings. The Balaban J connectivity index is 1.02. The van der Waals surface area contributed by atoms with Gasteiger partial charge in [0, 0.05) is 34.1 Å². The van der Waals surface area contributed by atoms with Gasteiger partial charge in [-0.1, -0.05) is 229 Å². The van der Waals surface area contributed by atoms with Gasteiger partial charge in [0.15, 0.2) is 0 Å². The van der Waals surface area contributed by atoms with Crippen LogP contribution in [0.15, 0.2) is 194 Å². The van der Waals surface area contributed by atoms with Crippen molar-refractivity contribution in [3.63, 3.8) is 0 Å². The highest BCUT2D eigenvalue weighted by molar-refractivity contribution is 6.14. The van der Waals surface area contributed by atoms with Gasteiger partial charge in [-0.15, -0.1) is 0 Å². The number of rotatable bonds is 10. The van der Waals surface area contributed by atoms with E-state index in [1.807, 2.05) is 0 Å². The van der Waals surface area contributed by atoms with Crippen molar-refractivity contribution in [1.82, 2.24) is 0 Å². The van der Waals surface area contributed by atoms with Gasteiger partial charge in [-0.2, -0.15) is 0 Å². The first-order chi connectivity index (χ1) is 34.2. The molecule has 0 spiro atoms. The van der Waals surface area contributed by atoms with E-state index in [1.54, 1.807) is 0 Å². The lowest BCUT2D eigenvalue weighted by atomic mass is 9.86. The van der Waals surface area contributed by atoms with Gasteiger partial charge < -0.3 is 9.80 Å². The smallest absolute Gasteiger partial charge is 0.0462 e. The second-order valence-electron chi connectivity index (χ2n) is 23.6. The molecular weight excluding hydrogens is 869 g/mol. The number of benzene rings is 9. The van der Waals surface area contributed by atoms with Gasteiger partial charge in [0.2, 0.25) is 0 Å². The fraction of sp³-hybridized carbons (Fsp3) is 0.229. The van der Waals surface area contributed by atoms with Gasteiger partial charge >= 0.3 is 0 Å². The molecule has 0 aliphatic rings. The highest BCUT2D eigenvalue weighted by Crippen LogP contribution is 2.41. The minimum absolute atomic E-state index is 0.0808. The zero-order valence-electron chi connectivity index (χ0n) is 44.7. The van der Waals surface area contributed by atoms with Crippen molar-refractivity contribution in [3.8, 4) is 0 Å². The predicted octanol–water partition coefficient (Wildman–Crippen LogP) is 20.5. The highest BCUT2D eigenvalue weighted by Gasteiger charge is 2.21. The Hall–Kier alpha value is -7.42. The van der Waals surface area contributed by atoms with Crippen LogP contribution in [-0.4, -0.2) is 0 Å². The van der Waals surface area contributed by atoms with E-state index in [0.717, 1.165) is 45.3 Å². The van der Waals surface area contributed by atoms with Crippen molar-refractivity contribution in [2.24, 2.45) is 0 Å². The summed E-state index contributed by atoms with van der Waals surface area (Å²) in [5, 5.41) is 4.92. The number of anilines is 6. The fourth-order valence-electron chi connectivity index (χ4n) is 9.72. The number of hydrogen-bond donors (Lipinski definition) is 0. The first-order valence-electron chi connectivity index (χ1n) is 25.7. The van der Waals surface area contributed by atoms with Crippen LogP contribution < -0.4 is 9.80 Å². The van der Waals surface area contributed by atoms with E-state index in [2.05, 4.69) is 311 Å². The molecule has 9 rings (SSSR count). The summed E-state index contributed by atoms with van der Waals surface area (Å²) in [6, 6.07) is 71.9. The molecule has 2 nitrogen and oxygen atoms in total. The van der Waals surface area contributed by atoms with Gasteiger partial charge in [-0.3, -0.25) is 0 Å². The quantitative estimate of drug-likeness (QED) is 0.0996. The summed E-state index contributed by atoms with van der Waals surface area (Å²) < 4.78 is 0. The van der Waals surface area contributed by atoms with E-state index in [1.165, 1.54) is 54.9 Å². The Morgan fingerprint density at radius 3 is 0.625 bits per heavy atom. The molecule has 0 amide bonds. The molecule has 0 N–H and O–H groups in total. The van der Waals surface area contributed by atoms with Crippen LogP contribution in [0.2, 0.25) is 0 Å². The Morgan fingerprint density at radius 2 is 0.431 bits per heavy atom. The molecule has 9 aromatic carbocycles. The second-order valence-corrected chi connectivity index (χ2v) is 23.6. The molecule has 0 saturated carbocycles. The Morgan fingerprint density at radius 1 is 0.236 bits per heavy atom. The van der Waals surface area contributed by atoms with Crippen LogP contribution in [0, 0.1) is 0 Å². The van der Waals surface area contributed by atoms with E-state index in [-0.39, 0.29) is 21.7 Å². The van der Waals surface area contributed by atoms with Crippen LogP contribution >= 0.6 is 0 Å². The summed E-state index contributed by atoms with van der Waals surface area (Å²) >= 11 is 0. The van der Waals surface area contributed by atoms with Crippen molar-refractivity contribution in [3.05, 3.63) is 239 Å². The lowest BCUT2D eigenvalue weighted by molar-refractivity contribution is 0.590. The van der Waals surface area contributed by atoms with Crippen molar-refractivity contribution < 1.29 is 0 Å². The normalized spacial score (nSPS) is 12.6. The first kappa shape index (κ1) is 49.6. The topological polar surface area (TPSA) is 6.48 Å². The van der Waals surface area contributed by atoms with Crippen LogP contribution in [-0.2, 0) is 21.7 Å². The maximum absolute atomic E-state index is 2.36.